The maximum atomic E-state index is 6.48. The van der Waals surface area contributed by atoms with Crippen molar-refractivity contribution in [2.75, 3.05) is 7.11 Å². The summed E-state index contributed by atoms with van der Waals surface area (Å²) in [7, 11) is 1.71. The molecule has 2 heterocycles. The molecule has 7 heteroatoms. The Morgan fingerprint density at radius 2 is 0.891 bits per heavy atom. The number of methoxy groups -OCH3 is 1. The Labute approximate surface area is 272 Å². The molecule has 46 heavy (non-hydrogen) atoms. The van der Waals surface area contributed by atoms with Crippen LogP contribution in [0.5, 0.6) is 0 Å². The van der Waals surface area contributed by atoms with Crippen molar-refractivity contribution in [2.45, 2.75) is 26.7 Å². The predicted octanol–water partition coefficient (Wildman–Crippen LogP) is 5.24. The predicted molar refractivity (Wildman–Crippen MR) is 188 cm³/mol. The van der Waals surface area contributed by atoms with Crippen molar-refractivity contribution >= 4 is 35.7 Å². The Kier molecular flexibility index (Phi) is 10.5. The van der Waals surface area contributed by atoms with Crippen LogP contribution in [0.2, 0.25) is 0 Å². The Morgan fingerprint density at radius 3 is 1.28 bits per heavy atom. The maximum absolute atomic E-state index is 6.48. The number of rotatable bonds is 13. The van der Waals surface area contributed by atoms with E-state index in [2.05, 4.69) is 114 Å². The third kappa shape index (κ3) is 8.06. The summed E-state index contributed by atoms with van der Waals surface area (Å²) in [6, 6.07) is 46.0. The molecular formula is C39H36B2N2O3. The summed E-state index contributed by atoms with van der Waals surface area (Å²) in [5.41, 5.74) is 10.8. The van der Waals surface area contributed by atoms with Crippen molar-refractivity contribution in [3.8, 4) is 11.1 Å². The molecule has 0 saturated heterocycles. The number of aromatic nitrogens is 2. The normalized spacial score (nSPS) is 10.9. The second-order valence-electron chi connectivity index (χ2n) is 11.4. The van der Waals surface area contributed by atoms with E-state index in [0.717, 1.165) is 49.9 Å². The van der Waals surface area contributed by atoms with Gasteiger partial charge in [-0.05, 0) is 69.7 Å². The number of aryl methyl sites for hydroxylation is 1. The summed E-state index contributed by atoms with van der Waals surface area (Å²) >= 11 is 0. The maximum Gasteiger partial charge on any atom is 0.361 e. The molecule has 0 fully saturated rings. The van der Waals surface area contributed by atoms with Crippen LogP contribution in [0.3, 0.4) is 0 Å². The van der Waals surface area contributed by atoms with Crippen molar-refractivity contribution in [1.29, 1.82) is 0 Å². The highest BCUT2D eigenvalue weighted by molar-refractivity contribution is 6.80. The molecular weight excluding hydrogens is 566 g/mol. The first-order valence-corrected chi connectivity index (χ1v) is 15.5. The van der Waals surface area contributed by atoms with Crippen LogP contribution in [-0.4, -0.2) is 30.9 Å². The molecule has 0 aliphatic rings. The standard InChI is InChI=1S/C39H36B2N2O3/c1-30-9-17-34(18-10-30)40(45-28-38-7-3-5-25-42-38)36-21-13-32(14-22-36)33-15-23-37(24-16-33)41(46-29-39-8-4-6-26-43-39)35-19-11-31(12-20-35)27-44-2/h3-26H,27-29H2,1-2H3. The highest BCUT2D eigenvalue weighted by Gasteiger charge is 2.23. The van der Waals surface area contributed by atoms with E-state index >= 15 is 0 Å². The second-order valence-corrected chi connectivity index (χ2v) is 11.4. The van der Waals surface area contributed by atoms with Crippen LogP contribution >= 0.6 is 0 Å². The van der Waals surface area contributed by atoms with Crippen LogP contribution in [0, 0.1) is 6.92 Å². The number of benzene rings is 4. The quantitative estimate of drug-likeness (QED) is 0.169. The van der Waals surface area contributed by atoms with Gasteiger partial charge in [0.25, 0.3) is 0 Å². The first-order valence-electron chi connectivity index (χ1n) is 15.5. The minimum Gasteiger partial charge on any atom is -0.421 e. The van der Waals surface area contributed by atoms with E-state index in [1.165, 1.54) is 5.56 Å². The van der Waals surface area contributed by atoms with E-state index < -0.39 is 0 Å². The average molecular weight is 602 g/mol. The van der Waals surface area contributed by atoms with Gasteiger partial charge in [0.2, 0.25) is 0 Å². The van der Waals surface area contributed by atoms with E-state index in [9.17, 15) is 0 Å². The summed E-state index contributed by atoms with van der Waals surface area (Å²) in [4.78, 5) is 8.89. The van der Waals surface area contributed by atoms with Crippen LogP contribution < -0.4 is 21.9 Å². The fourth-order valence-electron chi connectivity index (χ4n) is 5.47. The summed E-state index contributed by atoms with van der Waals surface area (Å²) in [6.45, 7) is 3.09. The average Bonchev–Trinajstić information content (AvgIpc) is 3.11. The Hall–Kier alpha value is -4.81. The van der Waals surface area contributed by atoms with E-state index in [1.54, 1.807) is 19.5 Å². The van der Waals surface area contributed by atoms with E-state index in [4.69, 9.17) is 14.0 Å². The molecule has 226 valence electrons. The van der Waals surface area contributed by atoms with E-state index in [-0.39, 0.29) is 13.8 Å². The molecule has 5 nitrogen and oxygen atoms in total. The lowest BCUT2D eigenvalue weighted by Gasteiger charge is -2.17. The van der Waals surface area contributed by atoms with Crippen molar-refractivity contribution in [3.63, 3.8) is 0 Å². The first-order chi connectivity index (χ1) is 22.7. The number of hydrogen-bond acceptors (Lipinski definition) is 5. The summed E-state index contributed by atoms with van der Waals surface area (Å²) in [5, 5.41) is 0. The molecule has 2 aromatic heterocycles. The van der Waals surface area contributed by atoms with Gasteiger partial charge in [0, 0.05) is 19.5 Å². The molecule has 0 saturated carbocycles. The Morgan fingerprint density at radius 1 is 0.478 bits per heavy atom. The SMILES string of the molecule is COCc1ccc(B(OCc2ccccn2)c2ccc(-c3ccc(B(OCc4ccccn4)c4ccc(C)cc4)cc3)cc2)cc1. The van der Waals surface area contributed by atoms with Gasteiger partial charge in [0.15, 0.2) is 0 Å². The van der Waals surface area contributed by atoms with Crippen LogP contribution in [0.4, 0.5) is 0 Å². The van der Waals surface area contributed by atoms with Crippen LogP contribution in [-0.2, 0) is 33.9 Å². The molecule has 6 rings (SSSR count). The third-order valence-corrected chi connectivity index (χ3v) is 7.98. The summed E-state index contributed by atoms with van der Waals surface area (Å²) in [6.07, 6.45) is 3.59. The lowest BCUT2D eigenvalue weighted by Crippen LogP contribution is -2.45. The first kappa shape index (κ1) is 31.2. The number of hydrogen-bond donors (Lipinski definition) is 0. The Bertz CT molecular complexity index is 1780. The highest BCUT2D eigenvalue weighted by Crippen LogP contribution is 2.18. The highest BCUT2D eigenvalue weighted by atomic mass is 16.5. The minimum atomic E-state index is -0.235. The second kappa shape index (κ2) is 15.5. The van der Waals surface area contributed by atoms with Crippen molar-refractivity contribution < 1.29 is 14.0 Å². The van der Waals surface area contributed by atoms with E-state index in [0.29, 0.717) is 19.8 Å². The van der Waals surface area contributed by atoms with Crippen molar-refractivity contribution in [1.82, 2.24) is 9.97 Å². The zero-order valence-corrected chi connectivity index (χ0v) is 26.3. The zero-order valence-electron chi connectivity index (χ0n) is 26.3. The Balaban J connectivity index is 1.22. The largest absolute Gasteiger partial charge is 0.421 e. The van der Waals surface area contributed by atoms with Gasteiger partial charge in [-0.15, -0.1) is 0 Å². The zero-order chi connectivity index (χ0) is 31.6. The molecule has 0 N–H and O–H groups in total. The van der Waals surface area contributed by atoms with Gasteiger partial charge in [-0.1, -0.05) is 115 Å². The molecule has 0 aliphatic carbocycles. The minimum absolute atomic E-state index is 0.202. The molecule has 0 atom stereocenters. The fourth-order valence-corrected chi connectivity index (χ4v) is 5.47. The van der Waals surface area contributed by atoms with Crippen molar-refractivity contribution in [2.24, 2.45) is 0 Å². The molecule has 0 radical (unpaired) electrons. The third-order valence-electron chi connectivity index (χ3n) is 7.98. The smallest absolute Gasteiger partial charge is 0.361 e. The summed E-state index contributed by atoms with van der Waals surface area (Å²) < 4.78 is 18.2. The van der Waals surface area contributed by atoms with Gasteiger partial charge < -0.3 is 14.0 Å². The van der Waals surface area contributed by atoms with Crippen molar-refractivity contribution in [3.05, 3.63) is 168 Å². The number of nitrogens with zero attached hydrogens (tertiary/aromatic N) is 2. The topological polar surface area (TPSA) is 53.5 Å². The van der Waals surface area contributed by atoms with Gasteiger partial charge in [-0.2, -0.15) is 0 Å². The molecule has 0 amide bonds. The van der Waals surface area contributed by atoms with Gasteiger partial charge >= 0.3 is 13.8 Å². The van der Waals surface area contributed by atoms with Crippen LogP contribution in [0.25, 0.3) is 11.1 Å². The fraction of sp³-hybridized carbons (Fsp3) is 0.128. The van der Waals surface area contributed by atoms with Gasteiger partial charge in [0.1, 0.15) is 0 Å². The van der Waals surface area contributed by atoms with Crippen LogP contribution in [0.15, 0.2) is 146 Å². The van der Waals surface area contributed by atoms with Gasteiger partial charge in [0.05, 0.1) is 31.2 Å². The number of pyridine rings is 2. The number of ether oxygens (including phenoxy) is 1. The summed E-state index contributed by atoms with van der Waals surface area (Å²) in [5.74, 6) is 0. The lowest BCUT2D eigenvalue weighted by molar-refractivity contribution is 0.185. The van der Waals surface area contributed by atoms with E-state index in [1.807, 2.05) is 36.4 Å². The molecule has 0 aliphatic heterocycles. The monoisotopic (exact) mass is 602 g/mol. The molecule has 0 bridgehead atoms. The van der Waals surface area contributed by atoms with Gasteiger partial charge in [-0.3, -0.25) is 9.97 Å². The lowest BCUT2D eigenvalue weighted by atomic mass is 9.55. The molecule has 0 spiro atoms. The molecule has 6 aromatic rings. The molecule has 4 aromatic carbocycles. The molecule has 0 unspecified atom stereocenters. The van der Waals surface area contributed by atoms with Gasteiger partial charge in [-0.25, -0.2) is 0 Å². The van der Waals surface area contributed by atoms with Crippen LogP contribution in [0.1, 0.15) is 22.5 Å².